The average Bonchev–Trinajstić information content (AvgIpc) is 3.07. The van der Waals surface area contributed by atoms with Crippen molar-refractivity contribution < 1.29 is 8.42 Å². The number of aryl methyl sites for hydroxylation is 4. The van der Waals surface area contributed by atoms with Crippen LogP contribution in [-0.2, 0) is 23.0 Å². The van der Waals surface area contributed by atoms with Crippen LogP contribution in [0.1, 0.15) is 29.8 Å². The van der Waals surface area contributed by atoms with Gasteiger partial charge >= 0.3 is 0 Å². The van der Waals surface area contributed by atoms with Crippen molar-refractivity contribution >= 4 is 15.7 Å². The van der Waals surface area contributed by atoms with E-state index in [-0.39, 0.29) is 0 Å². The van der Waals surface area contributed by atoms with E-state index in [1.165, 1.54) is 0 Å². The molecule has 0 spiro atoms. The molecule has 1 N–H and O–H groups in total. The molecule has 0 saturated heterocycles. The highest BCUT2D eigenvalue weighted by Gasteiger charge is 2.20. The van der Waals surface area contributed by atoms with Gasteiger partial charge in [0.05, 0.1) is 16.3 Å². The Hall–Kier alpha value is -2.60. The van der Waals surface area contributed by atoms with Crippen molar-refractivity contribution in [1.82, 2.24) is 9.55 Å². The van der Waals surface area contributed by atoms with Crippen molar-refractivity contribution in [3.8, 4) is 11.3 Å². The lowest BCUT2D eigenvalue weighted by Gasteiger charge is -2.13. The second-order valence-electron chi connectivity index (χ2n) is 7.11. The number of rotatable bonds is 4. The summed E-state index contributed by atoms with van der Waals surface area (Å²) >= 11 is 0. The fourth-order valence-corrected chi connectivity index (χ4v) is 4.94. The van der Waals surface area contributed by atoms with Crippen LogP contribution in [0.3, 0.4) is 0 Å². The largest absolute Gasteiger partial charge is 0.334 e. The second-order valence-corrected chi connectivity index (χ2v) is 8.76. The predicted molar refractivity (Wildman–Crippen MR) is 107 cm³/mol. The maximum atomic E-state index is 13.0. The van der Waals surface area contributed by atoms with Crippen LogP contribution in [0.5, 0.6) is 0 Å². The number of hydrogen-bond donors (Lipinski definition) is 1. The quantitative estimate of drug-likeness (QED) is 0.733. The van der Waals surface area contributed by atoms with E-state index in [4.69, 9.17) is 4.98 Å². The molecule has 0 unspecified atom stereocenters. The molecule has 0 amide bonds. The van der Waals surface area contributed by atoms with Crippen LogP contribution in [0, 0.1) is 13.8 Å². The summed E-state index contributed by atoms with van der Waals surface area (Å²) in [6.45, 7) is 4.67. The molecule has 1 aromatic heterocycles. The first-order chi connectivity index (χ1) is 12.9. The Morgan fingerprint density at radius 1 is 1.07 bits per heavy atom. The van der Waals surface area contributed by atoms with E-state index < -0.39 is 10.0 Å². The monoisotopic (exact) mass is 381 g/mol. The molecule has 0 atom stereocenters. The number of nitrogens with zero attached hydrogens (tertiary/aromatic N) is 2. The highest BCUT2D eigenvalue weighted by atomic mass is 32.2. The van der Waals surface area contributed by atoms with E-state index in [0.717, 1.165) is 54.0 Å². The minimum atomic E-state index is -3.68. The topological polar surface area (TPSA) is 64.0 Å². The van der Waals surface area contributed by atoms with Crippen molar-refractivity contribution in [2.45, 2.75) is 44.6 Å². The summed E-state index contributed by atoms with van der Waals surface area (Å²) in [7, 11) is -3.68. The van der Waals surface area contributed by atoms with Crippen LogP contribution >= 0.6 is 0 Å². The molecular weight excluding hydrogens is 358 g/mol. The first-order valence-electron chi connectivity index (χ1n) is 9.19. The summed E-state index contributed by atoms with van der Waals surface area (Å²) in [6, 6.07) is 12.9. The molecule has 140 valence electrons. The van der Waals surface area contributed by atoms with Gasteiger partial charge in [0.15, 0.2) is 0 Å². The van der Waals surface area contributed by atoms with E-state index in [1.807, 2.05) is 50.4 Å². The number of para-hydroxylation sites is 1. The zero-order valence-electron chi connectivity index (χ0n) is 15.6. The first kappa shape index (κ1) is 17.8. The molecule has 0 radical (unpaired) electrons. The lowest BCUT2D eigenvalue weighted by Crippen LogP contribution is -2.15. The molecule has 2 heterocycles. The van der Waals surface area contributed by atoms with Crippen LogP contribution in [0.4, 0.5) is 5.69 Å². The normalized spacial score (nSPS) is 14.0. The van der Waals surface area contributed by atoms with E-state index in [0.29, 0.717) is 10.6 Å². The van der Waals surface area contributed by atoms with Crippen LogP contribution in [0.2, 0.25) is 0 Å². The zero-order valence-corrected chi connectivity index (χ0v) is 16.4. The highest BCUT2D eigenvalue weighted by molar-refractivity contribution is 7.92. The summed E-state index contributed by atoms with van der Waals surface area (Å²) < 4.78 is 31.0. The number of anilines is 1. The van der Waals surface area contributed by atoms with Crippen LogP contribution in [-0.4, -0.2) is 18.0 Å². The van der Waals surface area contributed by atoms with Gasteiger partial charge in [0.25, 0.3) is 10.0 Å². The average molecular weight is 382 g/mol. The Morgan fingerprint density at radius 3 is 2.70 bits per heavy atom. The molecule has 4 rings (SSSR count). The Kier molecular flexibility index (Phi) is 4.52. The fourth-order valence-electron chi connectivity index (χ4n) is 3.53. The maximum absolute atomic E-state index is 13.0. The Balaban J connectivity index is 1.73. The highest BCUT2D eigenvalue weighted by Crippen LogP contribution is 2.31. The van der Waals surface area contributed by atoms with E-state index in [9.17, 15) is 8.42 Å². The summed E-state index contributed by atoms with van der Waals surface area (Å²) in [5.74, 6) is 1.07. The van der Waals surface area contributed by atoms with Crippen molar-refractivity contribution in [3.05, 3.63) is 65.6 Å². The van der Waals surface area contributed by atoms with E-state index >= 15 is 0 Å². The molecule has 0 saturated carbocycles. The lowest BCUT2D eigenvalue weighted by molar-refractivity contribution is 0.522. The Bertz CT molecular complexity index is 1080. The molecule has 2 aromatic carbocycles. The van der Waals surface area contributed by atoms with Gasteiger partial charge in [-0.1, -0.05) is 30.3 Å². The van der Waals surface area contributed by atoms with Crippen molar-refractivity contribution in [3.63, 3.8) is 0 Å². The molecule has 1 aliphatic rings. The lowest BCUT2D eigenvalue weighted by atomic mass is 10.1. The van der Waals surface area contributed by atoms with E-state index in [2.05, 4.69) is 9.29 Å². The SMILES string of the molecule is Cc1ccc(C)c(S(=O)(=O)Nc2ccccc2-c2cn3c(n2)CCCC3)c1. The van der Waals surface area contributed by atoms with Gasteiger partial charge < -0.3 is 4.57 Å². The molecule has 0 fully saturated rings. The zero-order chi connectivity index (χ0) is 19.0. The number of hydrogen-bond acceptors (Lipinski definition) is 3. The third-order valence-electron chi connectivity index (χ3n) is 4.99. The van der Waals surface area contributed by atoms with Gasteiger partial charge in [-0.2, -0.15) is 0 Å². The molecule has 0 aliphatic carbocycles. The Labute approximate surface area is 160 Å². The minimum absolute atomic E-state index is 0.307. The first-order valence-corrected chi connectivity index (χ1v) is 10.7. The Morgan fingerprint density at radius 2 is 1.89 bits per heavy atom. The molecular formula is C21H23N3O2S. The number of fused-ring (bicyclic) bond motifs is 1. The summed E-state index contributed by atoms with van der Waals surface area (Å²) in [4.78, 5) is 5.05. The van der Waals surface area contributed by atoms with Crippen LogP contribution < -0.4 is 4.72 Å². The van der Waals surface area contributed by atoms with Gasteiger partial charge in [0, 0.05) is 24.7 Å². The van der Waals surface area contributed by atoms with Gasteiger partial charge in [-0.15, -0.1) is 0 Å². The van der Waals surface area contributed by atoms with E-state index in [1.54, 1.807) is 12.1 Å². The smallest absolute Gasteiger partial charge is 0.262 e. The summed E-state index contributed by atoms with van der Waals surface area (Å²) in [5, 5.41) is 0. The molecule has 5 nitrogen and oxygen atoms in total. The van der Waals surface area contributed by atoms with Gasteiger partial charge in [0.2, 0.25) is 0 Å². The van der Waals surface area contributed by atoms with Gasteiger partial charge in [-0.3, -0.25) is 4.72 Å². The van der Waals surface area contributed by atoms with Crippen LogP contribution in [0.25, 0.3) is 11.3 Å². The molecule has 3 aromatic rings. The summed E-state index contributed by atoms with van der Waals surface area (Å²) in [5.41, 5.74) is 3.80. The fraction of sp³-hybridized carbons (Fsp3) is 0.286. The maximum Gasteiger partial charge on any atom is 0.262 e. The molecule has 1 aliphatic heterocycles. The molecule has 6 heteroatoms. The van der Waals surface area contributed by atoms with Gasteiger partial charge in [-0.05, 0) is 49.9 Å². The number of nitrogens with one attached hydrogen (secondary N) is 1. The third-order valence-corrected chi connectivity index (χ3v) is 6.50. The summed E-state index contributed by atoms with van der Waals surface area (Å²) in [6.07, 6.45) is 5.30. The standard InChI is InChI=1S/C21H23N3O2S/c1-15-10-11-16(2)20(13-15)27(25,26)23-18-8-4-3-7-17(18)19-14-24-12-6-5-9-21(24)22-19/h3-4,7-8,10-11,13-14,23H,5-6,9,12H2,1-2H3. The predicted octanol–water partition coefficient (Wildman–Crippen LogP) is 4.30. The van der Waals surface area contributed by atoms with Crippen molar-refractivity contribution in [2.75, 3.05) is 4.72 Å². The van der Waals surface area contributed by atoms with Crippen molar-refractivity contribution in [1.29, 1.82) is 0 Å². The van der Waals surface area contributed by atoms with Crippen LogP contribution in [0.15, 0.2) is 53.6 Å². The number of sulfonamides is 1. The molecule has 27 heavy (non-hydrogen) atoms. The molecule has 0 bridgehead atoms. The third kappa shape index (κ3) is 3.49. The minimum Gasteiger partial charge on any atom is -0.334 e. The number of benzene rings is 2. The number of imidazole rings is 1. The van der Waals surface area contributed by atoms with Gasteiger partial charge in [-0.25, -0.2) is 13.4 Å². The van der Waals surface area contributed by atoms with Crippen molar-refractivity contribution in [2.24, 2.45) is 0 Å². The van der Waals surface area contributed by atoms with Gasteiger partial charge in [0.1, 0.15) is 5.82 Å². The number of aromatic nitrogens is 2. The second kappa shape index (κ2) is 6.85.